The molecule has 2 heterocycles. The van der Waals surface area contributed by atoms with E-state index in [-0.39, 0.29) is 0 Å². The molecule has 126 valence electrons. The Labute approximate surface area is 141 Å². The van der Waals surface area contributed by atoms with Crippen molar-refractivity contribution < 1.29 is 4.74 Å². The highest BCUT2D eigenvalue weighted by atomic mass is 16.5. The van der Waals surface area contributed by atoms with Gasteiger partial charge in [0.05, 0.1) is 6.10 Å². The fourth-order valence-corrected chi connectivity index (χ4v) is 5.43. The first kappa shape index (κ1) is 15.7. The van der Waals surface area contributed by atoms with Crippen molar-refractivity contribution in [2.75, 3.05) is 6.54 Å². The monoisotopic (exact) mass is 313 g/mol. The van der Waals surface area contributed by atoms with Crippen LogP contribution in [0.15, 0.2) is 30.3 Å². The third-order valence-corrected chi connectivity index (χ3v) is 6.81. The van der Waals surface area contributed by atoms with Gasteiger partial charge in [-0.3, -0.25) is 4.90 Å². The number of benzene rings is 1. The molecule has 1 saturated carbocycles. The maximum atomic E-state index is 6.73. The van der Waals surface area contributed by atoms with E-state index in [2.05, 4.69) is 56.0 Å². The molecule has 4 rings (SSSR count). The van der Waals surface area contributed by atoms with Crippen LogP contribution in [0.2, 0.25) is 0 Å². The Balaban J connectivity index is 1.54. The van der Waals surface area contributed by atoms with E-state index in [1.54, 1.807) is 0 Å². The van der Waals surface area contributed by atoms with E-state index in [0.29, 0.717) is 29.7 Å². The summed E-state index contributed by atoms with van der Waals surface area (Å²) >= 11 is 0. The topological polar surface area (TPSA) is 12.5 Å². The van der Waals surface area contributed by atoms with Crippen molar-refractivity contribution in [3.63, 3.8) is 0 Å². The van der Waals surface area contributed by atoms with Crippen LogP contribution in [0.4, 0.5) is 0 Å². The molecule has 1 aliphatic carbocycles. The smallest absolute Gasteiger partial charge is 0.114 e. The SMILES string of the molecule is C[C@@H]1CC[C@@H]2[C@@H](C1)O[C@H]1[C@@H](Cc3ccccc3)CCN1C2(C)C. The summed E-state index contributed by atoms with van der Waals surface area (Å²) in [6.45, 7) is 8.55. The summed E-state index contributed by atoms with van der Waals surface area (Å²) < 4.78 is 6.73. The Morgan fingerprint density at radius 2 is 1.91 bits per heavy atom. The molecule has 3 fully saturated rings. The first-order chi connectivity index (χ1) is 11.1. The molecule has 0 unspecified atom stereocenters. The van der Waals surface area contributed by atoms with Crippen LogP contribution in [-0.4, -0.2) is 29.3 Å². The van der Waals surface area contributed by atoms with Gasteiger partial charge >= 0.3 is 0 Å². The van der Waals surface area contributed by atoms with E-state index in [0.717, 1.165) is 12.3 Å². The Kier molecular flexibility index (Phi) is 4.01. The van der Waals surface area contributed by atoms with Gasteiger partial charge in [0, 0.05) is 23.9 Å². The molecule has 0 spiro atoms. The van der Waals surface area contributed by atoms with Crippen molar-refractivity contribution >= 4 is 0 Å². The second-order valence-corrected chi connectivity index (χ2v) is 8.68. The lowest BCUT2D eigenvalue weighted by Gasteiger charge is -2.56. The Hall–Kier alpha value is -0.860. The molecular weight excluding hydrogens is 282 g/mol. The van der Waals surface area contributed by atoms with Crippen molar-refractivity contribution in [2.45, 2.75) is 70.7 Å². The summed E-state index contributed by atoms with van der Waals surface area (Å²) in [5.74, 6) is 2.19. The largest absolute Gasteiger partial charge is 0.359 e. The number of nitrogens with zero attached hydrogens (tertiary/aromatic N) is 1. The van der Waals surface area contributed by atoms with E-state index < -0.39 is 0 Å². The molecule has 0 radical (unpaired) electrons. The maximum absolute atomic E-state index is 6.73. The van der Waals surface area contributed by atoms with Gasteiger partial charge in [-0.25, -0.2) is 0 Å². The molecule has 5 atom stereocenters. The first-order valence-corrected chi connectivity index (χ1v) is 9.52. The molecule has 0 amide bonds. The lowest BCUT2D eigenvalue weighted by Crippen LogP contribution is -2.63. The van der Waals surface area contributed by atoms with Crippen LogP contribution in [-0.2, 0) is 11.2 Å². The summed E-state index contributed by atoms with van der Waals surface area (Å²) in [7, 11) is 0. The standard InChI is InChI=1S/C21H31NO/c1-15-9-10-18-19(13-15)23-20-17(11-12-22(20)21(18,2)3)14-16-7-5-4-6-8-16/h4-8,15,17-20H,9-14H2,1-3H3/t15-,17-,18-,19-,20+/m1/s1. The molecule has 23 heavy (non-hydrogen) atoms. The number of hydrogen-bond acceptors (Lipinski definition) is 2. The highest BCUT2D eigenvalue weighted by molar-refractivity contribution is 5.16. The first-order valence-electron chi connectivity index (χ1n) is 9.52. The van der Waals surface area contributed by atoms with Gasteiger partial charge in [-0.15, -0.1) is 0 Å². The van der Waals surface area contributed by atoms with Crippen molar-refractivity contribution in [1.82, 2.24) is 4.90 Å². The normalized spacial score (nSPS) is 39.7. The quantitative estimate of drug-likeness (QED) is 0.797. The van der Waals surface area contributed by atoms with Crippen LogP contribution in [0.3, 0.4) is 0 Å². The summed E-state index contributed by atoms with van der Waals surface area (Å²) in [6, 6.07) is 11.0. The highest BCUT2D eigenvalue weighted by Gasteiger charge is 2.54. The predicted octanol–water partition coefficient (Wildman–Crippen LogP) is 4.49. The zero-order valence-corrected chi connectivity index (χ0v) is 14.9. The molecule has 2 nitrogen and oxygen atoms in total. The maximum Gasteiger partial charge on any atom is 0.114 e. The van der Waals surface area contributed by atoms with Crippen LogP contribution in [0.1, 0.15) is 52.0 Å². The lowest BCUT2D eigenvalue weighted by molar-refractivity contribution is -0.228. The fourth-order valence-electron chi connectivity index (χ4n) is 5.43. The third kappa shape index (κ3) is 2.74. The van der Waals surface area contributed by atoms with Crippen LogP contribution in [0.25, 0.3) is 0 Å². The number of ether oxygens (including phenoxy) is 1. The van der Waals surface area contributed by atoms with Crippen molar-refractivity contribution in [2.24, 2.45) is 17.8 Å². The minimum absolute atomic E-state index is 0.291. The minimum Gasteiger partial charge on any atom is -0.359 e. The molecule has 0 aromatic heterocycles. The van der Waals surface area contributed by atoms with E-state index in [4.69, 9.17) is 4.74 Å². The second-order valence-electron chi connectivity index (χ2n) is 8.68. The van der Waals surface area contributed by atoms with E-state index in [1.807, 2.05) is 0 Å². The average Bonchev–Trinajstić information content (AvgIpc) is 2.92. The highest BCUT2D eigenvalue weighted by Crippen LogP contribution is 2.49. The number of fused-ring (bicyclic) bond motifs is 2. The van der Waals surface area contributed by atoms with Crippen LogP contribution in [0.5, 0.6) is 0 Å². The molecule has 2 aliphatic heterocycles. The molecule has 0 N–H and O–H groups in total. The van der Waals surface area contributed by atoms with Crippen LogP contribution < -0.4 is 0 Å². The fraction of sp³-hybridized carbons (Fsp3) is 0.714. The second kappa shape index (κ2) is 5.89. The molecule has 2 heteroatoms. The average molecular weight is 313 g/mol. The van der Waals surface area contributed by atoms with E-state index >= 15 is 0 Å². The van der Waals surface area contributed by atoms with Crippen LogP contribution in [0, 0.1) is 17.8 Å². The molecule has 1 aromatic rings. The number of rotatable bonds is 2. The minimum atomic E-state index is 0.291. The molecule has 1 aromatic carbocycles. The third-order valence-electron chi connectivity index (χ3n) is 6.81. The van der Waals surface area contributed by atoms with Gasteiger partial charge < -0.3 is 4.74 Å². The molecule has 3 aliphatic rings. The van der Waals surface area contributed by atoms with Crippen LogP contribution >= 0.6 is 0 Å². The van der Waals surface area contributed by atoms with Gasteiger partial charge in [0.1, 0.15) is 6.23 Å². The van der Waals surface area contributed by atoms with Gasteiger partial charge in [-0.2, -0.15) is 0 Å². The predicted molar refractivity (Wildman–Crippen MR) is 94.2 cm³/mol. The summed E-state index contributed by atoms with van der Waals surface area (Å²) in [6.07, 6.45) is 7.22. The molecule has 2 saturated heterocycles. The zero-order chi connectivity index (χ0) is 16.0. The van der Waals surface area contributed by atoms with Gasteiger partial charge in [-0.1, -0.05) is 43.7 Å². The molecular formula is C21H31NO. The lowest BCUT2D eigenvalue weighted by atomic mass is 9.70. The van der Waals surface area contributed by atoms with Gasteiger partial charge in [-0.05, 0) is 51.0 Å². The van der Waals surface area contributed by atoms with Gasteiger partial charge in [0.15, 0.2) is 0 Å². The van der Waals surface area contributed by atoms with Gasteiger partial charge in [0.2, 0.25) is 0 Å². The number of hydrogen-bond donors (Lipinski definition) is 0. The van der Waals surface area contributed by atoms with Crippen molar-refractivity contribution in [3.05, 3.63) is 35.9 Å². The van der Waals surface area contributed by atoms with Gasteiger partial charge in [0.25, 0.3) is 0 Å². The van der Waals surface area contributed by atoms with E-state index in [1.165, 1.54) is 37.8 Å². The Bertz CT molecular complexity index is 540. The summed E-state index contributed by atoms with van der Waals surface area (Å²) in [5, 5.41) is 0. The Morgan fingerprint density at radius 1 is 1.13 bits per heavy atom. The van der Waals surface area contributed by atoms with E-state index in [9.17, 15) is 0 Å². The van der Waals surface area contributed by atoms with Crippen molar-refractivity contribution in [1.29, 1.82) is 0 Å². The molecule has 0 bridgehead atoms. The van der Waals surface area contributed by atoms with Crippen molar-refractivity contribution in [3.8, 4) is 0 Å². The Morgan fingerprint density at radius 3 is 2.70 bits per heavy atom. The summed E-state index contributed by atoms with van der Waals surface area (Å²) in [4.78, 5) is 2.69. The zero-order valence-electron chi connectivity index (χ0n) is 14.9. The summed E-state index contributed by atoms with van der Waals surface area (Å²) in [5.41, 5.74) is 1.75.